The summed E-state index contributed by atoms with van der Waals surface area (Å²) in [7, 11) is 0. The van der Waals surface area contributed by atoms with E-state index in [0.29, 0.717) is 32.7 Å². The minimum absolute atomic E-state index is 0.324. The molecular formula is C32H34N2O5. The van der Waals surface area contributed by atoms with Gasteiger partial charge in [-0.1, -0.05) is 66.7 Å². The highest BCUT2D eigenvalue weighted by molar-refractivity contribution is 5.77. The number of benzene rings is 4. The van der Waals surface area contributed by atoms with E-state index in [4.69, 9.17) is 19.9 Å². The molecule has 1 atom stereocenters. The Morgan fingerprint density at radius 2 is 1.44 bits per heavy atom. The molecule has 0 saturated carbocycles. The number of carboxylic acid groups (broad SMARTS) is 1. The van der Waals surface area contributed by atoms with Gasteiger partial charge in [0.1, 0.15) is 12.4 Å². The molecule has 202 valence electrons. The van der Waals surface area contributed by atoms with Crippen LogP contribution in [-0.4, -0.2) is 36.9 Å². The minimum atomic E-state index is -0.951. The molecule has 4 aromatic carbocycles. The number of nitrogens with zero attached hydrogens (tertiary/aromatic N) is 1. The second kappa shape index (κ2) is 14.0. The largest absolute Gasteiger partial charge is 0.492 e. The lowest BCUT2D eigenvalue weighted by Crippen LogP contribution is -2.26. The molecule has 0 bridgehead atoms. The first-order chi connectivity index (χ1) is 19.1. The summed E-state index contributed by atoms with van der Waals surface area (Å²) < 4.78 is 17.3. The van der Waals surface area contributed by atoms with Crippen LogP contribution in [0.1, 0.15) is 18.1 Å². The molecule has 7 nitrogen and oxygen atoms in total. The zero-order chi connectivity index (χ0) is 27.5. The van der Waals surface area contributed by atoms with Crippen LogP contribution >= 0.6 is 0 Å². The van der Waals surface area contributed by atoms with Gasteiger partial charge < -0.3 is 30.0 Å². The number of nitrogens with two attached hydrogens (primary N) is 1. The maximum absolute atomic E-state index is 11.3. The molecule has 0 amide bonds. The number of hydrogen-bond donors (Lipinski definition) is 2. The molecule has 39 heavy (non-hydrogen) atoms. The van der Waals surface area contributed by atoms with Gasteiger partial charge in [0.25, 0.3) is 0 Å². The van der Waals surface area contributed by atoms with Crippen LogP contribution < -0.4 is 20.1 Å². The van der Waals surface area contributed by atoms with Gasteiger partial charge in [-0.05, 0) is 54.4 Å². The maximum Gasteiger partial charge on any atom is 0.333 e. The van der Waals surface area contributed by atoms with Crippen molar-refractivity contribution in [3.63, 3.8) is 0 Å². The molecule has 1 aliphatic rings. The van der Waals surface area contributed by atoms with Crippen molar-refractivity contribution < 1.29 is 24.1 Å². The van der Waals surface area contributed by atoms with Crippen molar-refractivity contribution in [2.45, 2.75) is 26.0 Å². The average Bonchev–Trinajstić information content (AvgIpc) is 2.98. The lowest BCUT2D eigenvalue weighted by Gasteiger charge is -2.32. The number of aliphatic carboxylic acids is 1. The third-order valence-corrected chi connectivity index (χ3v) is 6.18. The molecule has 5 rings (SSSR count). The van der Waals surface area contributed by atoms with Crippen LogP contribution in [0.2, 0.25) is 0 Å². The number of hydrogen-bond acceptors (Lipinski definition) is 6. The molecule has 1 aliphatic heterocycles. The normalized spacial score (nSPS) is 12.2. The SMILES string of the molecule is CCOC(Cc1ccc(OCCN2c3ccccc3Oc3ccccc32)cc1)C(=O)O.NCc1ccccc1. The molecule has 0 fully saturated rings. The van der Waals surface area contributed by atoms with E-state index in [2.05, 4.69) is 4.90 Å². The highest BCUT2D eigenvalue weighted by Gasteiger charge is 2.23. The van der Waals surface area contributed by atoms with E-state index in [9.17, 15) is 9.90 Å². The Hall–Kier alpha value is -4.33. The molecule has 0 spiro atoms. The molecule has 0 aliphatic carbocycles. The molecular weight excluding hydrogens is 492 g/mol. The van der Waals surface area contributed by atoms with Gasteiger partial charge in [0.2, 0.25) is 0 Å². The van der Waals surface area contributed by atoms with Crippen molar-refractivity contribution in [2.24, 2.45) is 5.73 Å². The van der Waals surface area contributed by atoms with Crippen LogP contribution in [-0.2, 0) is 22.5 Å². The topological polar surface area (TPSA) is 94.2 Å². The summed E-state index contributed by atoms with van der Waals surface area (Å²) in [5.74, 6) is 1.44. The Morgan fingerprint density at radius 3 is 1.97 bits per heavy atom. The van der Waals surface area contributed by atoms with Crippen LogP contribution in [0.3, 0.4) is 0 Å². The Kier molecular flexibility index (Phi) is 9.94. The minimum Gasteiger partial charge on any atom is -0.492 e. The zero-order valence-electron chi connectivity index (χ0n) is 22.0. The van der Waals surface area contributed by atoms with Crippen molar-refractivity contribution in [1.29, 1.82) is 0 Å². The fraction of sp³-hybridized carbons (Fsp3) is 0.219. The van der Waals surface area contributed by atoms with Crippen molar-refractivity contribution in [3.8, 4) is 17.2 Å². The van der Waals surface area contributed by atoms with Crippen LogP contribution in [0.15, 0.2) is 103 Å². The number of fused-ring (bicyclic) bond motifs is 2. The van der Waals surface area contributed by atoms with E-state index in [1.165, 1.54) is 5.56 Å². The van der Waals surface area contributed by atoms with Gasteiger partial charge in [-0.25, -0.2) is 4.79 Å². The van der Waals surface area contributed by atoms with Gasteiger partial charge in [0, 0.05) is 19.6 Å². The molecule has 3 N–H and O–H groups in total. The summed E-state index contributed by atoms with van der Waals surface area (Å²) >= 11 is 0. The first-order valence-corrected chi connectivity index (χ1v) is 13.0. The summed E-state index contributed by atoms with van der Waals surface area (Å²) in [6, 6.07) is 33.4. The molecule has 1 heterocycles. The highest BCUT2D eigenvalue weighted by Crippen LogP contribution is 2.45. The van der Waals surface area contributed by atoms with E-state index < -0.39 is 12.1 Å². The van der Waals surface area contributed by atoms with Crippen LogP contribution in [0.5, 0.6) is 17.2 Å². The van der Waals surface area contributed by atoms with Gasteiger partial charge in [0.05, 0.1) is 17.9 Å². The Morgan fingerprint density at radius 1 is 0.846 bits per heavy atom. The summed E-state index contributed by atoms with van der Waals surface area (Å²) in [6.07, 6.45) is -0.511. The van der Waals surface area contributed by atoms with E-state index in [1.54, 1.807) is 6.92 Å². The smallest absolute Gasteiger partial charge is 0.333 e. The standard InChI is InChI=1S/C25H25NO5.C7H9N/c1-2-29-24(25(27)28)17-18-11-13-19(14-12-18)30-16-15-26-20-7-3-5-9-22(20)31-23-10-6-4-8-21(23)26;8-6-7-4-2-1-3-5-7/h3-14,24H,2,15-17H2,1H3,(H,27,28);1-5H,6,8H2. The zero-order valence-corrected chi connectivity index (χ0v) is 22.0. The Bertz CT molecular complexity index is 1280. The summed E-state index contributed by atoms with van der Waals surface area (Å²) in [5.41, 5.74) is 9.45. The lowest BCUT2D eigenvalue weighted by atomic mass is 10.1. The van der Waals surface area contributed by atoms with Crippen LogP contribution in [0.25, 0.3) is 0 Å². The van der Waals surface area contributed by atoms with Gasteiger partial charge in [-0.15, -0.1) is 0 Å². The Balaban J connectivity index is 0.000000379. The lowest BCUT2D eigenvalue weighted by molar-refractivity contribution is -0.149. The van der Waals surface area contributed by atoms with E-state index >= 15 is 0 Å². The summed E-state index contributed by atoms with van der Waals surface area (Å²) in [5, 5.41) is 9.24. The molecule has 0 radical (unpaired) electrons. The number of ether oxygens (including phenoxy) is 3. The Labute approximate surface area is 229 Å². The predicted molar refractivity (Wildman–Crippen MR) is 153 cm³/mol. The van der Waals surface area contributed by atoms with Gasteiger partial charge in [-0.2, -0.15) is 0 Å². The first-order valence-electron chi connectivity index (χ1n) is 13.0. The third-order valence-electron chi connectivity index (χ3n) is 6.18. The second-order valence-electron chi connectivity index (χ2n) is 8.86. The highest BCUT2D eigenvalue weighted by atomic mass is 16.5. The average molecular weight is 527 g/mol. The van der Waals surface area contributed by atoms with Crippen molar-refractivity contribution in [2.75, 3.05) is 24.7 Å². The van der Waals surface area contributed by atoms with Crippen molar-refractivity contribution in [1.82, 2.24) is 0 Å². The van der Waals surface area contributed by atoms with Crippen LogP contribution in [0, 0.1) is 0 Å². The monoisotopic (exact) mass is 526 g/mol. The van der Waals surface area contributed by atoms with Gasteiger partial charge in [0.15, 0.2) is 17.6 Å². The van der Waals surface area contributed by atoms with Crippen molar-refractivity contribution >= 4 is 17.3 Å². The quantitative estimate of drug-likeness (QED) is 0.255. The van der Waals surface area contributed by atoms with Gasteiger partial charge >= 0.3 is 5.97 Å². The first kappa shape index (κ1) is 27.7. The third kappa shape index (κ3) is 7.60. The molecule has 7 heteroatoms. The second-order valence-corrected chi connectivity index (χ2v) is 8.86. The number of para-hydroxylation sites is 4. The van der Waals surface area contributed by atoms with E-state index in [0.717, 1.165) is 34.2 Å². The fourth-order valence-electron chi connectivity index (χ4n) is 4.25. The van der Waals surface area contributed by atoms with Crippen molar-refractivity contribution in [3.05, 3.63) is 114 Å². The number of carbonyl (C=O) groups is 1. The number of anilines is 2. The predicted octanol–water partition coefficient (Wildman–Crippen LogP) is 6.19. The molecule has 1 unspecified atom stereocenters. The summed E-state index contributed by atoms with van der Waals surface area (Å²) in [6.45, 7) is 3.94. The fourth-order valence-corrected chi connectivity index (χ4v) is 4.25. The molecule has 4 aromatic rings. The molecule has 0 saturated heterocycles. The number of rotatable bonds is 10. The number of carboxylic acids is 1. The maximum atomic E-state index is 11.3. The van der Waals surface area contributed by atoms with E-state index in [1.807, 2.05) is 103 Å². The summed E-state index contributed by atoms with van der Waals surface area (Å²) in [4.78, 5) is 13.5. The van der Waals surface area contributed by atoms with E-state index in [-0.39, 0.29) is 0 Å². The molecule has 0 aromatic heterocycles. The van der Waals surface area contributed by atoms with Crippen LogP contribution in [0.4, 0.5) is 11.4 Å². The van der Waals surface area contributed by atoms with Gasteiger partial charge in [-0.3, -0.25) is 0 Å².